The lowest BCUT2D eigenvalue weighted by Gasteiger charge is -2.16. The summed E-state index contributed by atoms with van der Waals surface area (Å²) in [6.45, 7) is 9.93. The molecule has 0 heterocycles. The van der Waals surface area contributed by atoms with E-state index in [1.165, 1.54) is 37.3 Å². The SMILES string of the molecule is C=C(C)C(=O)Oc1ccc(-c2cc(F)cc(-c3ccc(OC(=O)C(C)(C)C)cc3F)c2)c(F)c1. The first-order valence-electron chi connectivity index (χ1n) is 10.4. The maximum atomic E-state index is 14.8. The zero-order valence-electron chi connectivity index (χ0n) is 19.2. The zero-order chi connectivity index (χ0) is 25.2. The van der Waals surface area contributed by atoms with E-state index in [2.05, 4.69) is 6.58 Å². The number of carbonyl (C=O) groups is 2. The second kappa shape index (κ2) is 9.55. The van der Waals surface area contributed by atoms with Crippen LogP contribution in [0.2, 0.25) is 0 Å². The van der Waals surface area contributed by atoms with Gasteiger partial charge in [-0.25, -0.2) is 18.0 Å². The Morgan fingerprint density at radius 2 is 1.24 bits per heavy atom. The molecule has 0 N–H and O–H groups in total. The van der Waals surface area contributed by atoms with Crippen LogP contribution in [-0.2, 0) is 9.59 Å². The van der Waals surface area contributed by atoms with Crippen molar-refractivity contribution in [3.8, 4) is 33.8 Å². The molecule has 0 aromatic heterocycles. The minimum Gasteiger partial charge on any atom is -0.426 e. The van der Waals surface area contributed by atoms with Gasteiger partial charge in [-0.15, -0.1) is 0 Å². The highest BCUT2D eigenvalue weighted by Crippen LogP contribution is 2.33. The standard InChI is InChI=1S/C27H23F3O4/c1-15(2)25(31)33-19-6-8-21(23(29)13-19)16-10-17(12-18(28)11-16)22-9-7-20(14-24(22)30)34-26(32)27(3,4)5/h6-14H,1H2,2-5H3. The molecule has 7 heteroatoms. The lowest BCUT2D eigenvalue weighted by Crippen LogP contribution is -2.25. The molecule has 3 rings (SSSR count). The highest BCUT2D eigenvalue weighted by atomic mass is 19.1. The van der Waals surface area contributed by atoms with E-state index in [0.29, 0.717) is 0 Å². The highest BCUT2D eigenvalue weighted by Gasteiger charge is 2.24. The van der Waals surface area contributed by atoms with E-state index in [4.69, 9.17) is 9.47 Å². The molecule has 0 radical (unpaired) electrons. The first-order chi connectivity index (χ1) is 15.8. The summed E-state index contributed by atoms with van der Waals surface area (Å²) in [7, 11) is 0. The summed E-state index contributed by atoms with van der Waals surface area (Å²) in [5.74, 6) is -3.44. The monoisotopic (exact) mass is 468 g/mol. The van der Waals surface area contributed by atoms with Crippen molar-refractivity contribution in [1.29, 1.82) is 0 Å². The number of halogens is 3. The number of hydrogen-bond donors (Lipinski definition) is 0. The minimum absolute atomic E-state index is 0.0174. The van der Waals surface area contributed by atoms with Gasteiger partial charge in [-0.05, 0) is 81.3 Å². The van der Waals surface area contributed by atoms with E-state index >= 15 is 0 Å². The van der Waals surface area contributed by atoms with Crippen LogP contribution in [0.4, 0.5) is 13.2 Å². The minimum atomic E-state index is -0.769. The molecule has 4 nitrogen and oxygen atoms in total. The number of esters is 2. The molecule has 0 atom stereocenters. The largest absolute Gasteiger partial charge is 0.426 e. The zero-order valence-corrected chi connectivity index (χ0v) is 19.2. The fraction of sp³-hybridized carbons (Fsp3) is 0.185. The third-order valence-electron chi connectivity index (χ3n) is 4.78. The predicted octanol–water partition coefficient (Wildman–Crippen LogP) is 6.87. The number of ether oxygens (including phenoxy) is 2. The van der Waals surface area contributed by atoms with E-state index in [1.54, 1.807) is 20.8 Å². The van der Waals surface area contributed by atoms with Crippen molar-refractivity contribution in [2.24, 2.45) is 5.41 Å². The maximum absolute atomic E-state index is 14.8. The molecule has 0 fully saturated rings. The molecule has 0 unspecified atom stereocenters. The first-order valence-corrected chi connectivity index (χ1v) is 10.4. The van der Waals surface area contributed by atoms with Crippen LogP contribution in [0.5, 0.6) is 11.5 Å². The molecule has 0 amide bonds. The van der Waals surface area contributed by atoms with Crippen molar-refractivity contribution in [1.82, 2.24) is 0 Å². The lowest BCUT2D eigenvalue weighted by atomic mass is 9.97. The molecule has 0 aliphatic heterocycles. The summed E-state index contributed by atoms with van der Waals surface area (Å²) in [4.78, 5) is 23.7. The van der Waals surface area contributed by atoms with Gasteiger partial charge in [0.2, 0.25) is 0 Å². The van der Waals surface area contributed by atoms with Gasteiger partial charge in [-0.3, -0.25) is 4.79 Å². The Labute approximate surface area is 195 Å². The van der Waals surface area contributed by atoms with Crippen molar-refractivity contribution in [2.75, 3.05) is 0 Å². The van der Waals surface area contributed by atoms with Gasteiger partial charge in [0, 0.05) is 28.8 Å². The van der Waals surface area contributed by atoms with E-state index in [-0.39, 0.29) is 39.3 Å². The van der Waals surface area contributed by atoms with Gasteiger partial charge >= 0.3 is 11.9 Å². The normalized spacial score (nSPS) is 11.1. The van der Waals surface area contributed by atoms with Gasteiger partial charge in [-0.1, -0.05) is 6.58 Å². The topological polar surface area (TPSA) is 52.6 Å². The Morgan fingerprint density at radius 1 is 0.765 bits per heavy atom. The summed E-state index contributed by atoms with van der Waals surface area (Å²) >= 11 is 0. The van der Waals surface area contributed by atoms with Crippen LogP contribution in [-0.4, -0.2) is 11.9 Å². The van der Waals surface area contributed by atoms with E-state index < -0.39 is 34.8 Å². The van der Waals surface area contributed by atoms with E-state index in [1.807, 2.05) is 0 Å². The maximum Gasteiger partial charge on any atom is 0.338 e. The van der Waals surface area contributed by atoms with Gasteiger partial charge in [0.05, 0.1) is 5.41 Å². The summed E-state index contributed by atoms with van der Waals surface area (Å²) in [5.41, 5.74) is -0.211. The summed E-state index contributed by atoms with van der Waals surface area (Å²) < 4.78 is 54.2. The third-order valence-corrected chi connectivity index (χ3v) is 4.78. The molecule has 0 saturated carbocycles. The fourth-order valence-corrected chi connectivity index (χ4v) is 2.94. The van der Waals surface area contributed by atoms with Crippen molar-refractivity contribution < 1.29 is 32.2 Å². The molecule has 0 aliphatic rings. The molecule has 176 valence electrons. The van der Waals surface area contributed by atoms with Crippen LogP contribution < -0.4 is 9.47 Å². The predicted molar refractivity (Wildman–Crippen MR) is 123 cm³/mol. The Morgan fingerprint density at radius 3 is 1.65 bits per heavy atom. The number of carbonyl (C=O) groups excluding carboxylic acids is 2. The number of benzene rings is 3. The second-order valence-corrected chi connectivity index (χ2v) is 8.82. The quantitative estimate of drug-likeness (QED) is 0.233. The van der Waals surface area contributed by atoms with E-state index in [9.17, 15) is 22.8 Å². The fourth-order valence-electron chi connectivity index (χ4n) is 2.94. The number of hydrogen-bond acceptors (Lipinski definition) is 4. The third kappa shape index (κ3) is 5.73. The molecular weight excluding hydrogens is 445 g/mol. The molecule has 3 aromatic carbocycles. The van der Waals surface area contributed by atoms with Crippen molar-refractivity contribution in [3.63, 3.8) is 0 Å². The molecule has 3 aromatic rings. The van der Waals surface area contributed by atoms with Crippen molar-refractivity contribution >= 4 is 11.9 Å². The van der Waals surface area contributed by atoms with Crippen LogP contribution in [0.1, 0.15) is 27.7 Å². The van der Waals surface area contributed by atoms with E-state index in [0.717, 1.165) is 24.3 Å². The molecule has 0 aliphatic carbocycles. The Balaban J connectivity index is 1.93. The number of rotatable bonds is 5. The van der Waals surface area contributed by atoms with Crippen LogP contribution in [0.15, 0.2) is 66.7 Å². The van der Waals surface area contributed by atoms with Crippen molar-refractivity contribution in [2.45, 2.75) is 27.7 Å². The average Bonchev–Trinajstić information content (AvgIpc) is 2.72. The lowest BCUT2D eigenvalue weighted by molar-refractivity contribution is -0.143. The van der Waals surface area contributed by atoms with Crippen LogP contribution in [0, 0.1) is 22.9 Å². The highest BCUT2D eigenvalue weighted by molar-refractivity contribution is 5.89. The van der Waals surface area contributed by atoms with Gasteiger partial charge in [0.15, 0.2) is 0 Å². The molecule has 0 saturated heterocycles. The van der Waals surface area contributed by atoms with Crippen LogP contribution >= 0.6 is 0 Å². The summed E-state index contributed by atoms with van der Waals surface area (Å²) in [5, 5.41) is 0. The molecule has 34 heavy (non-hydrogen) atoms. The molecular formula is C27H23F3O4. The molecule has 0 bridgehead atoms. The van der Waals surface area contributed by atoms with Gasteiger partial charge in [0.25, 0.3) is 0 Å². The average molecular weight is 468 g/mol. The van der Waals surface area contributed by atoms with Crippen LogP contribution in [0.25, 0.3) is 22.3 Å². The van der Waals surface area contributed by atoms with Gasteiger partial charge in [0.1, 0.15) is 29.0 Å². The first kappa shape index (κ1) is 24.8. The second-order valence-electron chi connectivity index (χ2n) is 8.82. The summed E-state index contributed by atoms with van der Waals surface area (Å²) in [6, 6.07) is 11.1. The Hall–Kier alpha value is -3.87. The Bertz CT molecular complexity index is 1290. The summed E-state index contributed by atoms with van der Waals surface area (Å²) in [6.07, 6.45) is 0. The molecule has 0 spiro atoms. The van der Waals surface area contributed by atoms with Crippen LogP contribution in [0.3, 0.4) is 0 Å². The Kier molecular flexibility index (Phi) is 6.96. The smallest absolute Gasteiger partial charge is 0.338 e. The van der Waals surface area contributed by atoms with Gasteiger partial charge in [-0.2, -0.15) is 0 Å². The van der Waals surface area contributed by atoms with Crippen molar-refractivity contribution in [3.05, 3.63) is 84.2 Å². The van der Waals surface area contributed by atoms with Gasteiger partial charge < -0.3 is 9.47 Å².